The van der Waals surface area contributed by atoms with Gasteiger partial charge < -0.3 is 24.5 Å². The van der Waals surface area contributed by atoms with Crippen LogP contribution in [-0.2, 0) is 0 Å². The number of amides is 2. The summed E-state index contributed by atoms with van der Waals surface area (Å²) in [5.74, 6) is -0.232. The predicted molar refractivity (Wildman–Crippen MR) is 105 cm³/mol. The Hall–Kier alpha value is -4.25. The highest BCUT2D eigenvalue weighted by atomic mass is 16.5. The van der Waals surface area contributed by atoms with Gasteiger partial charge in [0.1, 0.15) is 0 Å². The molecule has 146 valence electrons. The molecule has 2 amide bonds. The molecular formula is C21H17N3O5. The van der Waals surface area contributed by atoms with Crippen molar-refractivity contribution in [1.82, 2.24) is 0 Å². The van der Waals surface area contributed by atoms with Gasteiger partial charge in [-0.25, -0.2) is 0 Å². The van der Waals surface area contributed by atoms with Crippen LogP contribution in [0.15, 0.2) is 59.2 Å². The molecule has 1 aromatic heterocycles. The van der Waals surface area contributed by atoms with Crippen molar-refractivity contribution in [2.24, 2.45) is 0 Å². The van der Waals surface area contributed by atoms with Crippen molar-refractivity contribution in [2.45, 2.75) is 0 Å². The van der Waals surface area contributed by atoms with Gasteiger partial charge in [0.15, 0.2) is 17.3 Å². The van der Waals surface area contributed by atoms with Crippen LogP contribution in [0.25, 0.3) is 0 Å². The maximum atomic E-state index is 12.9. The zero-order valence-electron chi connectivity index (χ0n) is 15.7. The number of ether oxygens (including phenoxy) is 2. The van der Waals surface area contributed by atoms with Crippen molar-refractivity contribution >= 4 is 23.2 Å². The van der Waals surface area contributed by atoms with Crippen LogP contribution >= 0.6 is 0 Å². The molecule has 0 unspecified atom stereocenters. The van der Waals surface area contributed by atoms with E-state index in [0.717, 1.165) is 0 Å². The molecule has 0 radical (unpaired) electrons. The minimum Gasteiger partial charge on any atom is -0.493 e. The van der Waals surface area contributed by atoms with Crippen molar-refractivity contribution in [1.29, 1.82) is 5.26 Å². The Morgan fingerprint density at radius 3 is 2.24 bits per heavy atom. The van der Waals surface area contributed by atoms with Crippen LogP contribution in [0.1, 0.15) is 26.5 Å². The molecule has 3 rings (SSSR count). The van der Waals surface area contributed by atoms with Crippen LogP contribution in [0.2, 0.25) is 0 Å². The fourth-order valence-electron chi connectivity index (χ4n) is 2.59. The Morgan fingerprint density at radius 2 is 1.66 bits per heavy atom. The fourth-order valence-corrected chi connectivity index (χ4v) is 2.59. The lowest BCUT2D eigenvalue weighted by Crippen LogP contribution is -2.18. The second-order valence-electron chi connectivity index (χ2n) is 5.83. The van der Waals surface area contributed by atoms with Gasteiger partial charge in [-0.1, -0.05) is 0 Å². The number of hydrogen-bond donors (Lipinski definition) is 2. The van der Waals surface area contributed by atoms with Crippen molar-refractivity contribution in [2.75, 3.05) is 24.9 Å². The van der Waals surface area contributed by atoms with E-state index in [1.165, 1.54) is 38.7 Å². The number of carbonyl (C=O) groups is 2. The number of anilines is 2. The summed E-state index contributed by atoms with van der Waals surface area (Å²) in [4.78, 5) is 25.3. The van der Waals surface area contributed by atoms with Gasteiger partial charge in [-0.2, -0.15) is 5.26 Å². The Balaban J connectivity index is 1.94. The summed E-state index contributed by atoms with van der Waals surface area (Å²) in [6, 6.07) is 14.5. The van der Waals surface area contributed by atoms with E-state index in [0.29, 0.717) is 22.7 Å². The van der Waals surface area contributed by atoms with Crippen molar-refractivity contribution in [3.63, 3.8) is 0 Å². The van der Waals surface area contributed by atoms with Gasteiger partial charge in [-0.3, -0.25) is 9.59 Å². The van der Waals surface area contributed by atoms with E-state index in [-0.39, 0.29) is 17.0 Å². The normalized spacial score (nSPS) is 9.97. The highest BCUT2D eigenvalue weighted by molar-refractivity contribution is 6.12. The minimum absolute atomic E-state index is 0.0956. The number of nitriles is 1. The summed E-state index contributed by atoms with van der Waals surface area (Å²) in [6.45, 7) is 0. The van der Waals surface area contributed by atoms with Gasteiger partial charge in [0.05, 0.1) is 43.4 Å². The van der Waals surface area contributed by atoms with Gasteiger partial charge in [0.2, 0.25) is 0 Å². The van der Waals surface area contributed by atoms with E-state index < -0.39 is 11.8 Å². The highest BCUT2D eigenvalue weighted by Crippen LogP contribution is 2.34. The maximum absolute atomic E-state index is 12.9. The van der Waals surface area contributed by atoms with Crippen LogP contribution < -0.4 is 20.1 Å². The van der Waals surface area contributed by atoms with Crippen LogP contribution in [0.5, 0.6) is 11.5 Å². The average Bonchev–Trinajstić information content (AvgIpc) is 3.29. The molecule has 0 bridgehead atoms. The van der Waals surface area contributed by atoms with E-state index in [1.807, 2.05) is 6.07 Å². The van der Waals surface area contributed by atoms with E-state index in [9.17, 15) is 9.59 Å². The van der Waals surface area contributed by atoms with E-state index in [2.05, 4.69) is 10.6 Å². The summed E-state index contributed by atoms with van der Waals surface area (Å²) in [5.41, 5.74) is 1.34. The minimum atomic E-state index is -0.519. The Morgan fingerprint density at radius 1 is 0.966 bits per heavy atom. The molecule has 3 aromatic rings. The highest BCUT2D eigenvalue weighted by Gasteiger charge is 2.20. The summed E-state index contributed by atoms with van der Waals surface area (Å²) < 4.78 is 15.6. The molecule has 29 heavy (non-hydrogen) atoms. The summed E-state index contributed by atoms with van der Waals surface area (Å²) in [6.07, 6.45) is 1.38. The van der Waals surface area contributed by atoms with Crippen LogP contribution in [0, 0.1) is 11.3 Å². The first-order chi connectivity index (χ1) is 14.0. The lowest BCUT2D eigenvalue weighted by molar-refractivity contribution is 0.0996. The Labute approximate surface area is 166 Å². The number of nitrogens with zero attached hydrogens (tertiary/aromatic N) is 1. The van der Waals surface area contributed by atoms with Crippen LogP contribution in [-0.4, -0.2) is 26.0 Å². The number of carbonyl (C=O) groups excluding carboxylic acids is 2. The first-order valence-corrected chi connectivity index (χ1v) is 8.48. The van der Waals surface area contributed by atoms with Gasteiger partial charge in [0, 0.05) is 11.8 Å². The molecule has 0 atom stereocenters. The summed E-state index contributed by atoms with van der Waals surface area (Å²) in [7, 11) is 2.90. The summed E-state index contributed by atoms with van der Waals surface area (Å²) >= 11 is 0. The van der Waals surface area contributed by atoms with Crippen LogP contribution in [0.4, 0.5) is 11.4 Å². The van der Waals surface area contributed by atoms with Crippen LogP contribution in [0.3, 0.4) is 0 Å². The second kappa shape index (κ2) is 8.63. The smallest absolute Gasteiger partial charge is 0.291 e. The molecule has 2 N–H and O–H groups in total. The Kier molecular flexibility index (Phi) is 5.80. The molecule has 2 aromatic carbocycles. The number of hydrogen-bond acceptors (Lipinski definition) is 6. The molecule has 0 saturated heterocycles. The standard InChI is InChI=1S/C21H17N3O5/c1-27-18-10-15(20(25)23-14-7-5-13(12-22)6-8-14)16(11-19(18)28-2)24-21(26)17-4-3-9-29-17/h3-11H,1-2H3,(H,23,25)(H,24,26). The molecule has 0 aliphatic rings. The molecule has 0 aliphatic heterocycles. The van der Waals surface area contributed by atoms with Gasteiger partial charge in [0.25, 0.3) is 11.8 Å². The third kappa shape index (κ3) is 4.36. The first kappa shape index (κ1) is 19.5. The SMILES string of the molecule is COc1cc(NC(=O)c2ccco2)c(C(=O)Nc2ccc(C#N)cc2)cc1OC. The van der Waals surface area contributed by atoms with Gasteiger partial charge in [-0.05, 0) is 42.5 Å². The molecule has 8 heteroatoms. The van der Waals surface area contributed by atoms with E-state index >= 15 is 0 Å². The van der Waals surface area contributed by atoms with Gasteiger partial charge in [-0.15, -0.1) is 0 Å². The fraction of sp³-hybridized carbons (Fsp3) is 0.0952. The third-order valence-corrected chi connectivity index (χ3v) is 4.03. The van der Waals surface area contributed by atoms with Crippen molar-refractivity contribution < 1.29 is 23.5 Å². The zero-order valence-corrected chi connectivity index (χ0v) is 15.7. The van der Waals surface area contributed by atoms with Crippen molar-refractivity contribution in [3.8, 4) is 17.6 Å². The van der Waals surface area contributed by atoms with Gasteiger partial charge >= 0.3 is 0 Å². The number of furan rings is 1. The topological polar surface area (TPSA) is 114 Å². The molecule has 0 saturated carbocycles. The lowest BCUT2D eigenvalue weighted by atomic mass is 10.1. The monoisotopic (exact) mass is 391 g/mol. The molecule has 0 aliphatic carbocycles. The largest absolute Gasteiger partial charge is 0.493 e. The quantitative estimate of drug-likeness (QED) is 0.663. The number of methoxy groups -OCH3 is 2. The first-order valence-electron chi connectivity index (χ1n) is 8.48. The molecule has 8 nitrogen and oxygen atoms in total. The number of benzene rings is 2. The maximum Gasteiger partial charge on any atom is 0.291 e. The lowest BCUT2D eigenvalue weighted by Gasteiger charge is -2.15. The second-order valence-corrected chi connectivity index (χ2v) is 5.83. The van der Waals surface area contributed by atoms with E-state index in [1.54, 1.807) is 30.3 Å². The average molecular weight is 391 g/mol. The predicted octanol–water partition coefficient (Wildman–Crippen LogP) is 3.67. The molecule has 0 fully saturated rings. The summed E-state index contributed by atoms with van der Waals surface area (Å²) in [5, 5.41) is 14.3. The number of nitrogens with one attached hydrogen (secondary N) is 2. The van der Waals surface area contributed by atoms with Crippen molar-refractivity contribution in [3.05, 3.63) is 71.7 Å². The third-order valence-electron chi connectivity index (χ3n) is 4.03. The molecule has 0 spiro atoms. The molecular weight excluding hydrogens is 374 g/mol. The number of rotatable bonds is 6. The van der Waals surface area contributed by atoms with E-state index in [4.69, 9.17) is 19.2 Å². The molecule has 1 heterocycles. The Bertz CT molecular complexity index is 1070. The zero-order chi connectivity index (χ0) is 20.8.